The summed E-state index contributed by atoms with van der Waals surface area (Å²) in [6, 6.07) is 5.85. The highest BCUT2D eigenvalue weighted by Crippen LogP contribution is 2.25. The number of amides is 1. The van der Waals surface area contributed by atoms with E-state index in [4.69, 9.17) is 9.72 Å². The first-order chi connectivity index (χ1) is 14.4. The van der Waals surface area contributed by atoms with Gasteiger partial charge in [-0.1, -0.05) is 13.8 Å². The minimum absolute atomic E-state index is 0.120. The molecule has 0 aromatic carbocycles. The number of rotatable bonds is 5. The molecule has 0 atom stereocenters. The van der Waals surface area contributed by atoms with Crippen molar-refractivity contribution in [3.05, 3.63) is 46.9 Å². The highest BCUT2D eigenvalue weighted by Gasteiger charge is 2.20. The van der Waals surface area contributed by atoms with Gasteiger partial charge in [0.2, 0.25) is 0 Å². The maximum atomic E-state index is 13.1. The smallest absolute Gasteiger partial charge is 0.252 e. The van der Waals surface area contributed by atoms with E-state index in [1.54, 1.807) is 10.9 Å². The van der Waals surface area contributed by atoms with Gasteiger partial charge in [-0.25, -0.2) is 9.97 Å². The van der Waals surface area contributed by atoms with Crippen molar-refractivity contribution >= 4 is 22.8 Å². The molecule has 4 heterocycles. The Morgan fingerprint density at radius 3 is 2.77 bits per heavy atom. The Balaban J connectivity index is 1.57. The number of hydrogen-bond acceptors (Lipinski definition) is 6. The van der Waals surface area contributed by atoms with Crippen molar-refractivity contribution in [1.29, 1.82) is 0 Å². The van der Waals surface area contributed by atoms with Crippen molar-refractivity contribution in [2.24, 2.45) is 7.05 Å². The number of ether oxygens (including phenoxy) is 1. The molecule has 4 rings (SSSR count). The molecule has 1 aliphatic heterocycles. The average molecular weight is 409 g/mol. The summed E-state index contributed by atoms with van der Waals surface area (Å²) < 4.78 is 7.15. The molecule has 158 valence electrons. The van der Waals surface area contributed by atoms with Crippen LogP contribution in [0.3, 0.4) is 0 Å². The third-order valence-electron chi connectivity index (χ3n) is 5.42. The first-order valence-corrected chi connectivity index (χ1v) is 10.3. The van der Waals surface area contributed by atoms with Crippen LogP contribution in [0.4, 0.5) is 5.82 Å². The monoisotopic (exact) mass is 408 g/mol. The van der Waals surface area contributed by atoms with Crippen LogP contribution in [0.15, 0.2) is 24.4 Å². The molecule has 30 heavy (non-hydrogen) atoms. The first-order valence-electron chi connectivity index (χ1n) is 10.3. The highest BCUT2D eigenvalue weighted by molar-refractivity contribution is 6.06. The lowest BCUT2D eigenvalue weighted by molar-refractivity contribution is 0.0952. The summed E-state index contributed by atoms with van der Waals surface area (Å²) in [5, 5.41) is 8.34. The molecule has 3 aromatic heterocycles. The van der Waals surface area contributed by atoms with Gasteiger partial charge in [-0.3, -0.25) is 9.48 Å². The third-order valence-corrected chi connectivity index (χ3v) is 5.42. The van der Waals surface area contributed by atoms with Crippen LogP contribution in [0.2, 0.25) is 0 Å². The molecule has 1 saturated heterocycles. The standard InChI is InChI=1S/C22H28N6O2/c1-14(2)18-12-17(20-15(3)26-27(4)21(20)25-18)22(29)24-13-16-5-6-23-19(11-16)28-7-9-30-10-8-28/h5-6,11-12,14H,7-10,13H2,1-4H3,(H,24,29). The van der Waals surface area contributed by atoms with E-state index in [1.165, 1.54) is 0 Å². The third kappa shape index (κ3) is 4.00. The SMILES string of the molecule is Cc1nn(C)c2nc(C(C)C)cc(C(=O)NCc3ccnc(N4CCOCC4)c3)c12. The van der Waals surface area contributed by atoms with Crippen molar-refractivity contribution in [3.8, 4) is 0 Å². The van der Waals surface area contributed by atoms with Crippen LogP contribution in [0.5, 0.6) is 0 Å². The number of fused-ring (bicyclic) bond motifs is 1. The Morgan fingerprint density at radius 2 is 2.03 bits per heavy atom. The Bertz CT molecular complexity index is 1070. The first kappa shape index (κ1) is 20.3. The Labute approximate surface area is 176 Å². The molecule has 1 fully saturated rings. The lowest BCUT2D eigenvalue weighted by Crippen LogP contribution is -2.36. The van der Waals surface area contributed by atoms with Gasteiger partial charge in [0.1, 0.15) is 5.82 Å². The van der Waals surface area contributed by atoms with Crippen molar-refractivity contribution in [2.75, 3.05) is 31.2 Å². The lowest BCUT2D eigenvalue weighted by atomic mass is 10.0. The molecule has 0 saturated carbocycles. The van der Waals surface area contributed by atoms with E-state index in [0.29, 0.717) is 25.3 Å². The van der Waals surface area contributed by atoms with E-state index in [-0.39, 0.29) is 11.8 Å². The molecular formula is C22H28N6O2. The number of aryl methyl sites for hydroxylation is 2. The van der Waals surface area contributed by atoms with Crippen molar-refractivity contribution in [3.63, 3.8) is 0 Å². The average Bonchev–Trinajstić information content (AvgIpc) is 3.05. The number of aromatic nitrogens is 4. The fraction of sp³-hybridized carbons (Fsp3) is 0.455. The van der Waals surface area contributed by atoms with E-state index < -0.39 is 0 Å². The molecule has 1 N–H and O–H groups in total. The summed E-state index contributed by atoms with van der Waals surface area (Å²) in [6.45, 7) is 9.57. The zero-order valence-electron chi connectivity index (χ0n) is 18.0. The molecule has 1 amide bonds. The molecular weight excluding hydrogens is 380 g/mol. The highest BCUT2D eigenvalue weighted by atomic mass is 16.5. The molecule has 0 aliphatic carbocycles. The summed E-state index contributed by atoms with van der Waals surface area (Å²) >= 11 is 0. The predicted octanol–water partition coefficient (Wildman–Crippen LogP) is 2.56. The van der Waals surface area contributed by atoms with E-state index in [9.17, 15) is 4.79 Å². The fourth-order valence-electron chi connectivity index (χ4n) is 3.75. The van der Waals surface area contributed by atoms with E-state index >= 15 is 0 Å². The molecule has 0 spiro atoms. The summed E-state index contributed by atoms with van der Waals surface area (Å²) in [5.41, 5.74) is 4.06. The lowest BCUT2D eigenvalue weighted by Gasteiger charge is -2.28. The van der Waals surface area contributed by atoms with Gasteiger partial charge in [-0.2, -0.15) is 5.10 Å². The van der Waals surface area contributed by atoms with Gasteiger partial charge >= 0.3 is 0 Å². The molecule has 3 aromatic rings. The van der Waals surface area contributed by atoms with E-state index in [0.717, 1.165) is 46.9 Å². The predicted molar refractivity (Wildman–Crippen MR) is 116 cm³/mol. The van der Waals surface area contributed by atoms with Crippen molar-refractivity contribution in [2.45, 2.75) is 33.2 Å². The number of anilines is 1. The summed E-state index contributed by atoms with van der Waals surface area (Å²) in [5.74, 6) is 1.01. The van der Waals surface area contributed by atoms with Crippen LogP contribution < -0.4 is 10.2 Å². The quantitative estimate of drug-likeness (QED) is 0.698. The second-order valence-corrected chi connectivity index (χ2v) is 7.96. The van der Waals surface area contributed by atoms with Crippen LogP contribution in [-0.4, -0.2) is 52.0 Å². The number of carbonyl (C=O) groups is 1. The number of morpholine rings is 1. The number of carbonyl (C=O) groups excluding carboxylic acids is 1. The second-order valence-electron chi connectivity index (χ2n) is 7.96. The van der Waals surface area contributed by atoms with Gasteiger partial charge in [-0.15, -0.1) is 0 Å². The van der Waals surface area contributed by atoms with Gasteiger partial charge in [0.25, 0.3) is 5.91 Å². The number of hydrogen-bond donors (Lipinski definition) is 1. The maximum absolute atomic E-state index is 13.1. The summed E-state index contributed by atoms with van der Waals surface area (Å²) in [4.78, 5) is 24.5. The second kappa shape index (κ2) is 8.39. The van der Waals surface area contributed by atoms with Crippen LogP contribution in [0.1, 0.15) is 47.1 Å². The van der Waals surface area contributed by atoms with Gasteiger partial charge in [0, 0.05) is 38.6 Å². The van der Waals surface area contributed by atoms with Crippen molar-refractivity contribution < 1.29 is 9.53 Å². The van der Waals surface area contributed by atoms with Crippen LogP contribution >= 0.6 is 0 Å². The minimum atomic E-state index is -0.120. The number of nitrogens with zero attached hydrogens (tertiary/aromatic N) is 5. The fourth-order valence-corrected chi connectivity index (χ4v) is 3.75. The molecule has 8 nitrogen and oxygen atoms in total. The Hall–Kier alpha value is -3.00. The van der Waals surface area contributed by atoms with Crippen LogP contribution in [0.25, 0.3) is 11.0 Å². The maximum Gasteiger partial charge on any atom is 0.252 e. The zero-order chi connectivity index (χ0) is 21.3. The van der Waals surface area contributed by atoms with E-state index in [2.05, 4.69) is 34.1 Å². The van der Waals surface area contributed by atoms with Gasteiger partial charge in [-0.05, 0) is 36.6 Å². The Morgan fingerprint density at radius 1 is 1.27 bits per heavy atom. The van der Waals surface area contributed by atoms with Gasteiger partial charge < -0.3 is 15.0 Å². The summed E-state index contributed by atoms with van der Waals surface area (Å²) in [7, 11) is 1.86. The topological polar surface area (TPSA) is 85.2 Å². The van der Waals surface area contributed by atoms with Gasteiger partial charge in [0.05, 0.1) is 29.9 Å². The normalized spacial score (nSPS) is 14.5. The Kier molecular flexibility index (Phi) is 5.67. The molecule has 0 radical (unpaired) electrons. The van der Waals surface area contributed by atoms with Crippen molar-refractivity contribution in [1.82, 2.24) is 25.1 Å². The molecule has 0 unspecified atom stereocenters. The number of pyridine rings is 2. The van der Waals surface area contributed by atoms with Gasteiger partial charge in [0.15, 0.2) is 5.65 Å². The minimum Gasteiger partial charge on any atom is -0.378 e. The van der Waals surface area contributed by atoms with Crippen LogP contribution in [-0.2, 0) is 18.3 Å². The van der Waals surface area contributed by atoms with Crippen LogP contribution in [0, 0.1) is 6.92 Å². The summed E-state index contributed by atoms with van der Waals surface area (Å²) in [6.07, 6.45) is 1.79. The number of nitrogens with one attached hydrogen (secondary N) is 1. The largest absolute Gasteiger partial charge is 0.378 e. The molecule has 0 bridgehead atoms. The molecule has 1 aliphatic rings. The molecule has 8 heteroatoms. The van der Waals surface area contributed by atoms with E-state index in [1.807, 2.05) is 32.2 Å². The zero-order valence-corrected chi connectivity index (χ0v) is 18.0.